The molecule has 0 unspecified atom stereocenters. The maximum absolute atomic E-state index is 11.6. The van der Waals surface area contributed by atoms with Crippen molar-refractivity contribution in [2.24, 2.45) is 0 Å². The third-order valence-corrected chi connectivity index (χ3v) is 4.94. The van der Waals surface area contributed by atoms with Crippen LogP contribution in [-0.2, 0) is 9.53 Å². The van der Waals surface area contributed by atoms with Gasteiger partial charge in [0.1, 0.15) is 11.6 Å². The summed E-state index contributed by atoms with van der Waals surface area (Å²) in [5, 5.41) is 0.999. The van der Waals surface area contributed by atoms with Crippen LogP contribution in [0.1, 0.15) is 38.9 Å². The first kappa shape index (κ1) is 23.3. The van der Waals surface area contributed by atoms with E-state index in [4.69, 9.17) is 19.2 Å². The number of hydrogen-bond donors (Lipinski definition) is 0. The van der Waals surface area contributed by atoms with Crippen LogP contribution in [0.2, 0.25) is 0 Å². The maximum atomic E-state index is 11.6. The number of nitrogens with zero attached hydrogens (tertiary/aromatic N) is 3. The van der Waals surface area contributed by atoms with Crippen molar-refractivity contribution in [1.29, 1.82) is 0 Å². The summed E-state index contributed by atoms with van der Waals surface area (Å²) in [6, 6.07) is 13.9. The van der Waals surface area contributed by atoms with Gasteiger partial charge in [0.2, 0.25) is 0 Å². The predicted molar refractivity (Wildman–Crippen MR) is 126 cm³/mol. The summed E-state index contributed by atoms with van der Waals surface area (Å²) in [7, 11) is 1.62. The van der Waals surface area contributed by atoms with E-state index in [9.17, 15) is 4.79 Å². The quantitative estimate of drug-likeness (QED) is 0.301. The van der Waals surface area contributed by atoms with Crippen molar-refractivity contribution in [3.63, 3.8) is 0 Å². The zero-order valence-electron chi connectivity index (χ0n) is 19.3. The number of anilines is 2. The average Bonchev–Trinajstić information content (AvgIpc) is 2.80. The lowest BCUT2D eigenvalue weighted by molar-refractivity contribution is -0.143. The summed E-state index contributed by atoms with van der Waals surface area (Å²) < 4.78 is 16.4. The third-order valence-electron chi connectivity index (χ3n) is 4.94. The van der Waals surface area contributed by atoms with Gasteiger partial charge in [0.05, 0.1) is 25.8 Å². The molecule has 1 aromatic heterocycles. The molecule has 2 aromatic carbocycles. The number of carbonyl (C=O) groups is 1. The van der Waals surface area contributed by atoms with Crippen molar-refractivity contribution in [3.05, 3.63) is 48.3 Å². The molecule has 7 nitrogen and oxygen atoms in total. The second kappa shape index (κ2) is 11.3. The number of esters is 1. The van der Waals surface area contributed by atoms with E-state index in [2.05, 4.69) is 16.8 Å². The molecule has 0 spiro atoms. The van der Waals surface area contributed by atoms with E-state index in [-0.39, 0.29) is 5.97 Å². The Labute approximate surface area is 189 Å². The SMILES string of the molecule is CCCN(c1ccc(OC)c(OCCCC(=O)OCC)c1)c1nc(C)nc2ccccc12. The van der Waals surface area contributed by atoms with E-state index in [1.54, 1.807) is 14.0 Å². The Bertz CT molecular complexity index is 1050. The summed E-state index contributed by atoms with van der Waals surface area (Å²) >= 11 is 0. The molecule has 0 N–H and O–H groups in total. The minimum absolute atomic E-state index is 0.211. The lowest BCUT2D eigenvalue weighted by Crippen LogP contribution is -2.20. The van der Waals surface area contributed by atoms with Gasteiger partial charge in [-0.1, -0.05) is 19.1 Å². The number of aryl methyl sites for hydroxylation is 1. The Kier molecular flexibility index (Phi) is 8.25. The van der Waals surface area contributed by atoms with Gasteiger partial charge in [-0.2, -0.15) is 0 Å². The summed E-state index contributed by atoms with van der Waals surface area (Å²) in [5.74, 6) is 2.66. The molecule has 1 heterocycles. The van der Waals surface area contributed by atoms with Crippen LogP contribution in [-0.4, -0.2) is 42.8 Å². The Balaban J connectivity index is 1.89. The highest BCUT2D eigenvalue weighted by Crippen LogP contribution is 2.36. The van der Waals surface area contributed by atoms with E-state index >= 15 is 0 Å². The molecular weight excluding hydrogens is 406 g/mol. The van der Waals surface area contributed by atoms with Gasteiger partial charge in [-0.3, -0.25) is 4.79 Å². The minimum atomic E-state index is -0.211. The molecule has 0 bridgehead atoms. The van der Waals surface area contributed by atoms with Crippen LogP contribution < -0.4 is 14.4 Å². The Morgan fingerprint density at radius 2 is 1.88 bits per heavy atom. The molecule has 0 aliphatic heterocycles. The molecule has 32 heavy (non-hydrogen) atoms. The monoisotopic (exact) mass is 437 g/mol. The van der Waals surface area contributed by atoms with Crippen molar-refractivity contribution >= 4 is 28.4 Å². The second-order valence-corrected chi connectivity index (χ2v) is 7.36. The van der Waals surface area contributed by atoms with Crippen LogP contribution >= 0.6 is 0 Å². The standard InChI is InChI=1S/C25H31N3O4/c1-5-15-28(25-20-10-7-8-11-21(20)26-18(3)27-25)19-13-14-22(30-4)23(17-19)32-16-9-12-24(29)31-6-2/h7-8,10-11,13-14,17H,5-6,9,12,15-16H2,1-4H3. The zero-order chi connectivity index (χ0) is 22.9. The van der Waals surface area contributed by atoms with E-state index in [0.29, 0.717) is 37.6 Å². The van der Waals surface area contributed by atoms with Gasteiger partial charge < -0.3 is 19.1 Å². The summed E-state index contributed by atoms with van der Waals surface area (Å²) in [6.07, 6.45) is 1.84. The van der Waals surface area contributed by atoms with Gasteiger partial charge in [-0.25, -0.2) is 9.97 Å². The molecular formula is C25H31N3O4. The molecule has 0 atom stereocenters. The third kappa shape index (κ3) is 5.66. The Morgan fingerprint density at radius 3 is 2.62 bits per heavy atom. The van der Waals surface area contributed by atoms with Crippen LogP contribution in [0.25, 0.3) is 10.9 Å². The first-order valence-corrected chi connectivity index (χ1v) is 11.0. The maximum Gasteiger partial charge on any atom is 0.305 e. The number of benzene rings is 2. The molecule has 0 saturated carbocycles. The van der Waals surface area contributed by atoms with Gasteiger partial charge in [-0.05, 0) is 51.0 Å². The molecule has 0 saturated heterocycles. The number of hydrogen-bond acceptors (Lipinski definition) is 7. The average molecular weight is 438 g/mol. The smallest absolute Gasteiger partial charge is 0.305 e. The zero-order valence-corrected chi connectivity index (χ0v) is 19.3. The van der Waals surface area contributed by atoms with Crippen LogP contribution in [0.3, 0.4) is 0 Å². The van der Waals surface area contributed by atoms with Crippen LogP contribution in [0.15, 0.2) is 42.5 Å². The number of aromatic nitrogens is 2. The molecule has 3 aromatic rings. The van der Waals surface area contributed by atoms with E-state index in [0.717, 1.165) is 41.2 Å². The fraction of sp³-hybridized carbons (Fsp3) is 0.400. The Hall–Kier alpha value is -3.35. The van der Waals surface area contributed by atoms with E-state index in [1.165, 1.54) is 0 Å². The largest absolute Gasteiger partial charge is 0.493 e. The topological polar surface area (TPSA) is 73.8 Å². The van der Waals surface area contributed by atoms with Crippen molar-refractivity contribution in [2.45, 2.75) is 40.0 Å². The van der Waals surface area contributed by atoms with Crippen molar-refractivity contribution in [3.8, 4) is 11.5 Å². The summed E-state index contributed by atoms with van der Waals surface area (Å²) in [6.45, 7) is 7.41. The first-order valence-electron chi connectivity index (χ1n) is 11.0. The summed E-state index contributed by atoms with van der Waals surface area (Å²) in [5.41, 5.74) is 1.87. The van der Waals surface area contributed by atoms with Gasteiger partial charge in [0.25, 0.3) is 0 Å². The Morgan fingerprint density at radius 1 is 1.06 bits per heavy atom. The van der Waals surface area contributed by atoms with Crippen LogP contribution in [0, 0.1) is 6.92 Å². The highest BCUT2D eigenvalue weighted by Gasteiger charge is 2.17. The fourth-order valence-corrected chi connectivity index (χ4v) is 3.54. The lowest BCUT2D eigenvalue weighted by atomic mass is 10.2. The molecule has 0 amide bonds. The number of para-hydroxylation sites is 1. The van der Waals surface area contributed by atoms with E-state index in [1.807, 2.05) is 49.4 Å². The van der Waals surface area contributed by atoms with Gasteiger partial charge in [-0.15, -0.1) is 0 Å². The van der Waals surface area contributed by atoms with Crippen LogP contribution in [0.5, 0.6) is 11.5 Å². The first-order chi connectivity index (χ1) is 15.6. The molecule has 0 fully saturated rings. The molecule has 0 radical (unpaired) electrons. The van der Waals surface area contributed by atoms with E-state index < -0.39 is 0 Å². The number of ether oxygens (including phenoxy) is 3. The van der Waals surface area contributed by atoms with Crippen molar-refractivity contribution < 1.29 is 19.0 Å². The number of carbonyl (C=O) groups excluding carboxylic acids is 1. The molecule has 0 aliphatic carbocycles. The molecule has 7 heteroatoms. The number of fused-ring (bicyclic) bond motifs is 1. The minimum Gasteiger partial charge on any atom is -0.493 e. The van der Waals surface area contributed by atoms with Gasteiger partial charge in [0.15, 0.2) is 11.5 Å². The van der Waals surface area contributed by atoms with Crippen LogP contribution in [0.4, 0.5) is 11.5 Å². The van der Waals surface area contributed by atoms with Gasteiger partial charge in [0, 0.05) is 30.1 Å². The number of rotatable bonds is 11. The highest BCUT2D eigenvalue weighted by molar-refractivity contribution is 5.91. The molecule has 170 valence electrons. The van der Waals surface area contributed by atoms with Crippen molar-refractivity contribution in [1.82, 2.24) is 9.97 Å². The summed E-state index contributed by atoms with van der Waals surface area (Å²) in [4.78, 5) is 23.1. The van der Waals surface area contributed by atoms with Crippen molar-refractivity contribution in [2.75, 3.05) is 31.8 Å². The highest BCUT2D eigenvalue weighted by atomic mass is 16.5. The normalized spacial score (nSPS) is 10.8. The fourth-order valence-electron chi connectivity index (χ4n) is 3.54. The lowest BCUT2D eigenvalue weighted by Gasteiger charge is -2.26. The van der Waals surface area contributed by atoms with Gasteiger partial charge >= 0.3 is 5.97 Å². The molecule has 0 aliphatic rings. The molecule has 3 rings (SSSR count). The second-order valence-electron chi connectivity index (χ2n) is 7.36. The number of methoxy groups -OCH3 is 1. The predicted octanol–water partition coefficient (Wildman–Crippen LogP) is 5.22.